The maximum Gasteiger partial charge on any atom is 0.0309 e. The number of hydrogen-bond acceptors (Lipinski definition) is 2. The number of aryl methyl sites for hydroxylation is 1. The van der Waals surface area contributed by atoms with Crippen LogP contribution in [0.25, 0.3) is 0 Å². The molecule has 0 aliphatic rings. The molecule has 0 aliphatic heterocycles. The maximum atomic E-state index is 3.53. The summed E-state index contributed by atoms with van der Waals surface area (Å²) in [5.41, 5.74) is 2.99. The number of benzene rings is 1. The minimum Gasteiger partial charge on any atom is -0.315 e. The second-order valence-electron chi connectivity index (χ2n) is 5.80. The fourth-order valence-electron chi connectivity index (χ4n) is 3.02. The van der Waals surface area contributed by atoms with Crippen LogP contribution in [0, 0.1) is 6.92 Å². The Morgan fingerprint density at radius 2 is 1.74 bits per heavy atom. The molecule has 0 spiro atoms. The highest BCUT2D eigenvalue weighted by atomic mass is 15.2. The Morgan fingerprint density at radius 3 is 2.21 bits per heavy atom. The van der Waals surface area contributed by atoms with Gasteiger partial charge >= 0.3 is 0 Å². The van der Waals surface area contributed by atoms with Crippen LogP contribution in [-0.2, 0) is 6.42 Å². The molecule has 0 radical (unpaired) electrons. The summed E-state index contributed by atoms with van der Waals surface area (Å²) in [6.07, 6.45) is 1.08. The monoisotopic (exact) mass is 262 g/mol. The lowest BCUT2D eigenvalue weighted by atomic mass is 9.86. The van der Waals surface area contributed by atoms with Gasteiger partial charge in [0.05, 0.1) is 0 Å². The van der Waals surface area contributed by atoms with E-state index in [0.29, 0.717) is 6.04 Å². The molecule has 0 aliphatic carbocycles. The Balaban J connectivity index is 2.92. The lowest BCUT2D eigenvalue weighted by Crippen LogP contribution is -2.57. The van der Waals surface area contributed by atoms with Crippen molar-refractivity contribution in [3.63, 3.8) is 0 Å². The molecule has 1 unspecified atom stereocenters. The third-order valence-electron chi connectivity index (χ3n) is 4.46. The molecule has 108 valence electrons. The summed E-state index contributed by atoms with van der Waals surface area (Å²) < 4.78 is 0. The van der Waals surface area contributed by atoms with Crippen LogP contribution in [0.3, 0.4) is 0 Å². The predicted molar refractivity (Wildman–Crippen MR) is 84.7 cm³/mol. The van der Waals surface area contributed by atoms with Crippen LogP contribution in [0.1, 0.15) is 38.8 Å². The summed E-state index contributed by atoms with van der Waals surface area (Å²) in [7, 11) is 2.08. The summed E-state index contributed by atoms with van der Waals surface area (Å²) in [6.45, 7) is 13.6. The molecule has 0 saturated heterocycles. The molecule has 0 aromatic heterocycles. The molecule has 0 fully saturated rings. The largest absolute Gasteiger partial charge is 0.315 e. The van der Waals surface area contributed by atoms with Crippen LogP contribution in [0.15, 0.2) is 24.3 Å². The lowest BCUT2D eigenvalue weighted by molar-refractivity contribution is 0.0943. The zero-order valence-corrected chi connectivity index (χ0v) is 13.5. The molecule has 1 N–H and O–H groups in total. The second-order valence-corrected chi connectivity index (χ2v) is 5.80. The van der Waals surface area contributed by atoms with E-state index in [1.807, 2.05) is 0 Å². The smallest absolute Gasteiger partial charge is 0.0309 e. The zero-order chi connectivity index (χ0) is 14.5. The van der Waals surface area contributed by atoms with Crippen molar-refractivity contribution in [1.82, 2.24) is 10.2 Å². The first kappa shape index (κ1) is 16.2. The van der Waals surface area contributed by atoms with Gasteiger partial charge in [-0.25, -0.2) is 0 Å². The van der Waals surface area contributed by atoms with Crippen molar-refractivity contribution in [3.8, 4) is 0 Å². The molecule has 19 heavy (non-hydrogen) atoms. The average Bonchev–Trinajstić information content (AvgIpc) is 2.38. The fourth-order valence-corrected chi connectivity index (χ4v) is 3.02. The third-order valence-corrected chi connectivity index (χ3v) is 4.46. The van der Waals surface area contributed by atoms with Gasteiger partial charge in [0.2, 0.25) is 0 Å². The van der Waals surface area contributed by atoms with E-state index >= 15 is 0 Å². The molecule has 1 rings (SSSR count). The van der Waals surface area contributed by atoms with Gasteiger partial charge in [-0.15, -0.1) is 0 Å². The van der Waals surface area contributed by atoms with Crippen molar-refractivity contribution in [2.75, 3.05) is 20.1 Å². The van der Waals surface area contributed by atoms with Crippen molar-refractivity contribution >= 4 is 0 Å². The molecule has 1 aromatic carbocycles. The van der Waals surface area contributed by atoms with Crippen molar-refractivity contribution in [2.45, 2.75) is 52.6 Å². The molecule has 0 saturated carbocycles. The van der Waals surface area contributed by atoms with Crippen LogP contribution in [0.5, 0.6) is 0 Å². The summed E-state index contributed by atoms with van der Waals surface area (Å²) >= 11 is 0. The summed E-state index contributed by atoms with van der Waals surface area (Å²) in [6, 6.07) is 9.15. The van der Waals surface area contributed by atoms with E-state index in [1.165, 1.54) is 11.1 Å². The van der Waals surface area contributed by atoms with Crippen LogP contribution < -0.4 is 5.32 Å². The first-order chi connectivity index (χ1) is 8.97. The Morgan fingerprint density at radius 1 is 1.16 bits per heavy atom. The van der Waals surface area contributed by atoms with Crippen molar-refractivity contribution in [2.24, 2.45) is 0 Å². The van der Waals surface area contributed by atoms with Gasteiger partial charge in [0.1, 0.15) is 0 Å². The maximum absolute atomic E-state index is 3.53. The molecule has 0 bridgehead atoms. The van der Waals surface area contributed by atoms with Crippen LogP contribution in [-0.4, -0.2) is 36.6 Å². The number of likely N-dealkylation sites (N-methyl/N-ethyl adjacent to an activating group) is 2. The molecule has 0 heterocycles. The Kier molecular flexibility index (Phi) is 6.02. The van der Waals surface area contributed by atoms with E-state index in [-0.39, 0.29) is 5.54 Å². The van der Waals surface area contributed by atoms with E-state index in [9.17, 15) is 0 Å². The third kappa shape index (κ3) is 3.80. The van der Waals surface area contributed by atoms with Gasteiger partial charge in [-0.2, -0.15) is 0 Å². The summed E-state index contributed by atoms with van der Waals surface area (Å²) in [5.74, 6) is 0. The lowest BCUT2D eigenvalue weighted by Gasteiger charge is -2.43. The highest BCUT2D eigenvalue weighted by molar-refractivity contribution is 5.27. The predicted octanol–water partition coefficient (Wildman–Crippen LogP) is 3.25. The fraction of sp³-hybridized carbons (Fsp3) is 0.647. The van der Waals surface area contributed by atoms with Crippen molar-refractivity contribution in [1.29, 1.82) is 0 Å². The number of rotatable bonds is 7. The minimum absolute atomic E-state index is 0.153. The van der Waals surface area contributed by atoms with Gasteiger partial charge < -0.3 is 5.32 Å². The SMILES string of the molecule is CCN(CC)C(C)(C)C(Cc1ccccc1C)NC. The number of hydrogen-bond donors (Lipinski definition) is 1. The van der Waals surface area contributed by atoms with Gasteiger partial charge in [-0.1, -0.05) is 38.1 Å². The van der Waals surface area contributed by atoms with Crippen LogP contribution in [0.2, 0.25) is 0 Å². The van der Waals surface area contributed by atoms with E-state index in [0.717, 1.165) is 19.5 Å². The molecule has 2 heteroatoms. The Bertz CT molecular complexity index is 381. The van der Waals surface area contributed by atoms with E-state index in [2.05, 4.69) is 76.1 Å². The van der Waals surface area contributed by atoms with E-state index in [4.69, 9.17) is 0 Å². The quantitative estimate of drug-likeness (QED) is 0.811. The van der Waals surface area contributed by atoms with Crippen LogP contribution >= 0.6 is 0 Å². The zero-order valence-electron chi connectivity index (χ0n) is 13.5. The van der Waals surface area contributed by atoms with Crippen molar-refractivity contribution < 1.29 is 0 Å². The van der Waals surface area contributed by atoms with Gasteiger partial charge in [-0.3, -0.25) is 4.90 Å². The second kappa shape index (κ2) is 7.06. The molecular formula is C17H30N2. The van der Waals surface area contributed by atoms with E-state index in [1.54, 1.807) is 0 Å². The minimum atomic E-state index is 0.153. The Labute approximate surface area is 119 Å². The van der Waals surface area contributed by atoms with Gasteiger partial charge in [0.25, 0.3) is 0 Å². The first-order valence-corrected chi connectivity index (χ1v) is 7.44. The molecule has 1 atom stereocenters. The van der Waals surface area contributed by atoms with Gasteiger partial charge in [-0.05, 0) is 58.5 Å². The normalized spacial score (nSPS) is 13.8. The highest BCUT2D eigenvalue weighted by Crippen LogP contribution is 2.23. The van der Waals surface area contributed by atoms with Gasteiger partial charge in [0.15, 0.2) is 0 Å². The molecule has 1 aromatic rings. The average molecular weight is 262 g/mol. The first-order valence-electron chi connectivity index (χ1n) is 7.44. The number of nitrogens with one attached hydrogen (secondary N) is 1. The van der Waals surface area contributed by atoms with Gasteiger partial charge in [0, 0.05) is 11.6 Å². The molecular weight excluding hydrogens is 232 g/mol. The topological polar surface area (TPSA) is 15.3 Å². The summed E-state index contributed by atoms with van der Waals surface area (Å²) in [4.78, 5) is 2.53. The van der Waals surface area contributed by atoms with Crippen molar-refractivity contribution in [3.05, 3.63) is 35.4 Å². The Hall–Kier alpha value is -0.860. The standard InChI is InChI=1S/C17H30N2/c1-7-19(8-2)17(4,5)16(18-6)13-15-12-10-9-11-14(15)3/h9-12,16,18H,7-8,13H2,1-6H3. The number of nitrogens with zero attached hydrogens (tertiary/aromatic N) is 1. The molecule has 2 nitrogen and oxygen atoms in total. The molecule has 0 amide bonds. The van der Waals surface area contributed by atoms with Crippen LogP contribution in [0.4, 0.5) is 0 Å². The summed E-state index contributed by atoms with van der Waals surface area (Å²) in [5, 5.41) is 3.53. The highest BCUT2D eigenvalue weighted by Gasteiger charge is 2.33. The van der Waals surface area contributed by atoms with E-state index < -0.39 is 0 Å².